The van der Waals surface area contributed by atoms with Crippen LogP contribution in [0.3, 0.4) is 0 Å². The van der Waals surface area contributed by atoms with Crippen LogP contribution >= 0.6 is 0 Å². The first-order valence-electron chi connectivity index (χ1n) is 5.21. The minimum absolute atomic E-state index is 0.223. The first-order valence-corrected chi connectivity index (χ1v) is 5.21. The van der Waals surface area contributed by atoms with Crippen LogP contribution in [0.1, 0.15) is 24.2 Å². The van der Waals surface area contributed by atoms with Gasteiger partial charge in [-0.05, 0) is 26.0 Å². The lowest BCUT2D eigenvalue weighted by Crippen LogP contribution is -2.38. The topological polar surface area (TPSA) is 95.9 Å². The predicted molar refractivity (Wildman–Crippen MR) is 64.8 cm³/mol. The Morgan fingerprint density at radius 3 is 2.39 bits per heavy atom. The number of anilines is 1. The van der Waals surface area contributed by atoms with E-state index < -0.39 is 23.2 Å². The number of nitrogens with one attached hydrogen (secondary N) is 1. The fourth-order valence-electron chi connectivity index (χ4n) is 1.16. The number of phenols is 1. The standard InChI is InChI=1S/C12H15NO5/c1-12(2,18-3)11(17)13-7-4-5-8(10(15)16)9(14)6-7/h4-6,14H,1-3H3,(H,13,17)(H,15,16). The van der Waals surface area contributed by atoms with Gasteiger partial charge in [0.2, 0.25) is 0 Å². The van der Waals surface area contributed by atoms with Crippen LogP contribution in [0.5, 0.6) is 5.75 Å². The summed E-state index contributed by atoms with van der Waals surface area (Å²) in [5.41, 5.74) is -0.937. The quantitative estimate of drug-likeness (QED) is 0.754. The lowest BCUT2D eigenvalue weighted by atomic mass is 10.1. The lowest BCUT2D eigenvalue weighted by molar-refractivity contribution is -0.133. The fourth-order valence-corrected chi connectivity index (χ4v) is 1.16. The van der Waals surface area contributed by atoms with Crippen LogP contribution in [0.2, 0.25) is 0 Å². The highest BCUT2D eigenvalue weighted by atomic mass is 16.5. The summed E-state index contributed by atoms with van der Waals surface area (Å²) in [6.07, 6.45) is 0. The van der Waals surface area contributed by atoms with E-state index in [-0.39, 0.29) is 5.56 Å². The van der Waals surface area contributed by atoms with E-state index in [0.717, 1.165) is 0 Å². The SMILES string of the molecule is COC(C)(C)C(=O)Nc1ccc(C(=O)O)c(O)c1. The number of methoxy groups -OCH3 is 1. The van der Waals surface area contributed by atoms with E-state index in [1.54, 1.807) is 13.8 Å². The van der Waals surface area contributed by atoms with Crippen LogP contribution in [0, 0.1) is 0 Å². The highest BCUT2D eigenvalue weighted by Crippen LogP contribution is 2.23. The molecule has 1 rings (SSSR count). The minimum atomic E-state index is -1.23. The van der Waals surface area contributed by atoms with Gasteiger partial charge in [0, 0.05) is 18.9 Å². The summed E-state index contributed by atoms with van der Waals surface area (Å²) in [4.78, 5) is 22.5. The van der Waals surface area contributed by atoms with Crippen molar-refractivity contribution in [1.82, 2.24) is 0 Å². The number of aromatic hydroxyl groups is 1. The molecule has 0 radical (unpaired) electrons. The molecule has 3 N–H and O–H groups in total. The van der Waals surface area contributed by atoms with Crippen molar-refractivity contribution in [3.63, 3.8) is 0 Å². The van der Waals surface area contributed by atoms with E-state index in [1.165, 1.54) is 25.3 Å². The van der Waals surface area contributed by atoms with Crippen molar-refractivity contribution in [3.8, 4) is 5.75 Å². The summed E-state index contributed by atoms with van der Waals surface area (Å²) in [6.45, 7) is 3.18. The zero-order valence-electron chi connectivity index (χ0n) is 10.4. The monoisotopic (exact) mass is 253 g/mol. The number of carbonyl (C=O) groups excluding carboxylic acids is 1. The highest BCUT2D eigenvalue weighted by molar-refractivity contribution is 5.98. The molecule has 0 atom stereocenters. The Morgan fingerprint density at radius 2 is 1.94 bits per heavy atom. The lowest BCUT2D eigenvalue weighted by Gasteiger charge is -2.21. The molecule has 0 unspecified atom stereocenters. The van der Waals surface area contributed by atoms with Gasteiger partial charge in [-0.15, -0.1) is 0 Å². The molecule has 0 bridgehead atoms. The summed E-state index contributed by atoms with van der Waals surface area (Å²) in [6, 6.07) is 3.78. The van der Waals surface area contributed by atoms with Crippen LogP contribution in [-0.2, 0) is 9.53 Å². The molecule has 0 aliphatic carbocycles. The predicted octanol–water partition coefficient (Wildman–Crippen LogP) is 1.45. The second-order valence-electron chi connectivity index (χ2n) is 4.21. The van der Waals surface area contributed by atoms with Gasteiger partial charge < -0.3 is 20.3 Å². The maximum atomic E-state index is 11.8. The van der Waals surface area contributed by atoms with Gasteiger partial charge in [0.15, 0.2) is 0 Å². The number of benzene rings is 1. The van der Waals surface area contributed by atoms with Gasteiger partial charge in [-0.1, -0.05) is 0 Å². The van der Waals surface area contributed by atoms with Crippen molar-refractivity contribution in [2.45, 2.75) is 19.4 Å². The summed E-state index contributed by atoms with van der Waals surface area (Å²) in [7, 11) is 1.41. The zero-order chi connectivity index (χ0) is 13.9. The Bertz CT molecular complexity index is 481. The van der Waals surface area contributed by atoms with Crippen molar-refractivity contribution in [1.29, 1.82) is 0 Å². The Hall–Kier alpha value is -2.08. The third-order valence-corrected chi connectivity index (χ3v) is 2.54. The van der Waals surface area contributed by atoms with E-state index in [0.29, 0.717) is 5.69 Å². The Balaban J connectivity index is 2.91. The molecule has 0 heterocycles. The van der Waals surface area contributed by atoms with Gasteiger partial charge >= 0.3 is 5.97 Å². The number of amides is 1. The van der Waals surface area contributed by atoms with Crippen LogP contribution < -0.4 is 5.32 Å². The van der Waals surface area contributed by atoms with Crippen molar-refractivity contribution < 1.29 is 24.5 Å². The number of hydrogen-bond donors (Lipinski definition) is 3. The molecule has 0 aromatic heterocycles. The molecule has 0 saturated heterocycles. The van der Waals surface area contributed by atoms with Crippen molar-refractivity contribution in [2.24, 2.45) is 0 Å². The Kier molecular flexibility index (Phi) is 3.93. The first-order chi connectivity index (χ1) is 8.27. The number of hydrogen-bond acceptors (Lipinski definition) is 4. The Morgan fingerprint density at radius 1 is 1.33 bits per heavy atom. The van der Waals surface area contributed by atoms with Crippen LogP contribution in [0.4, 0.5) is 5.69 Å². The van der Waals surface area contributed by atoms with E-state index in [1.807, 2.05) is 0 Å². The molecule has 18 heavy (non-hydrogen) atoms. The summed E-state index contributed by atoms with van der Waals surface area (Å²) in [5, 5.41) is 20.7. The van der Waals surface area contributed by atoms with Gasteiger partial charge in [-0.2, -0.15) is 0 Å². The molecule has 6 heteroatoms. The Labute approximate surface area is 104 Å². The smallest absolute Gasteiger partial charge is 0.339 e. The first kappa shape index (κ1) is 14.0. The van der Waals surface area contributed by atoms with Gasteiger partial charge in [0.05, 0.1) is 0 Å². The van der Waals surface area contributed by atoms with Gasteiger partial charge in [0.25, 0.3) is 5.91 Å². The molecule has 0 aliphatic heterocycles. The molecular formula is C12H15NO5. The summed E-state index contributed by atoms with van der Waals surface area (Å²) in [5.74, 6) is -2.04. The zero-order valence-corrected chi connectivity index (χ0v) is 10.4. The molecule has 1 aromatic carbocycles. The van der Waals surface area contributed by atoms with Gasteiger partial charge in [0.1, 0.15) is 16.9 Å². The average molecular weight is 253 g/mol. The molecule has 1 aromatic rings. The normalized spacial score (nSPS) is 11.1. The maximum absolute atomic E-state index is 11.8. The summed E-state index contributed by atoms with van der Waals surface area (Å²) < 4.78 is 5.00. The number of carboxylic acid groups (broad SMARTS) is 1. The van der Waals surface area contributed by atoms with Crippen molar-refractivity contribution >= 4 is 17.6 Å². The fraction of sp³-hybridized carbons (Fsp3) is 0.333. The molecule has 0 aliphatic rings. The second-order valence-corrected chi connectivity index (χ2v) is 4.21. The molecule has 0 spiro atoms. The summed E-state index contributed by atoms with van der Waals surface area (Å²) >= 11 is 0. The third kappa shape index (κ3) is 2.98. The molecule has 6 nitrogen and oxygen atoms in total. The number of ether oxygens (including phenoxy) is 1. The van der Waals surface area contributed by atoms with Gasteiger partial charge in [-0.25, -0.2) is 4.79 Å². The van der Waals surface area contributed by atoms with E-state index in [4.69, 9.17) is 9.84 Å². The molecular weight excluding hydrogens is 238 g/mol. The number of aromatic carboxylic acids is 1. The van der Waals surface area contributed by atoms with Crippen molar-refractivity contribution in [2.75, 3.05) is 12.4 Å². The molecule has 98 valence electrons. The van der Waals surface area contributed by atoms with Gasteiger partial charge in [-0.3, -0.25) is 4.79 Å². The average Bonchev–Trinajstić information content (AvgIpc) is 2.28. The minimum Gasteiger partial charge on any atom is -0.507 e. The van der Waals surface area contributed by atoms with E-state index >= 15 is 0 Å². The highest BCUT2D eigenvalue weighted by Gasteiger charge is 2.27. The number of rotatable bonds is 4. The number of carboxylic acids is 1. The molecule has 0 fully saturated rings. The van der Waals surface area contributed by atoms with Crippen LogP contribution in [0.15, 0.2) is 18.2 Å². The molecule has 0 saturated carbocycles. The van der Waals surface area contributed by atoms with E-state index in [2.05, 4.69) is 5.32 Å². The molecule has 1 amide bonds. The maximum Gasteiger partial charge on any atom is 0.339 e. The van der Waals surface area contributed by atoms with Crippen molar-refractivity contribution in [3.05, 3.63) is 23.8 Å². The second kappa shape index (κ2) is 5.05. The number of carbonyl (C=O) groups is 2. The third-order valence-electron chi connectivity index (χ3n) is 2.54. The van der Waals surface area contributed by atoms with E-state index in [9.17, 15) is 14.7 Å². The van der Waals surface area contributed by atoms with Crippen LogP contribution in [0.25, 0.3) is 0 Å². The largest absolute Gasteiger partial charge is 0.507 e. The van der Waals surface area contributed by atoms with Crippen LogP contribution in [-0.4, -0.2) is 34.8 Å².